The average Bonchev–Trinajstić information content (AvgIpc) is 3.93. The van der Waals surface area contributed by atoms with Gasteiger partial charge in [0.1, 0.15) is 0 Å². The zero-order valence-electron chi connectivity index (χ0n) is 36.3. The maximum atomic E-state index is 2.61. The summed E-state index contributed by atoms with van der Waals surface area (Å²) in [4.78, 5) is 2.61. The molecule has 1 nitrogen and oxygen atoms in total. The highest BCUT2D eigenvalue weighted by Gasteiger charge is 2.52. The molecule has 0 bridgehead atoms. The number of fused-ring (bicyclic) bond motifs is 21. The van der Waals surface area contributed by atoms with Crippen molar-refractivity contribution >= 4 is 17.1 Å². The van der Waals surface area contributed by atoms with Crippen LogP contribution in [0.5, 0.6) is 0 Å². The molecular weight excluding hydrogens is 783 g/mol. The molecule has 65 heavy (non-hydrogen) atoms. The fourth-order valence-electron chi connectivity index (χ4n) is 12.6. The fourth-order valence-corrected chi connectivity index (χ4v) is 12.6. The van der Waals surface area contributed by atoms with E-state index in [1.165, 1.54) is 123 Å². The SMILES string of the molecule is CC1(C)c2ccccc2-c2c(N(c3ccc4c(c3)-c3ccccc3-c3ccccc3-c3ccccc3-4)c3cccc4c3-c3ccccc3C43c4ccccc4-c4ccccc43)cccc21. The lowest BCUT2D eigenvalue weighted by atomic mass is 9.70. The Balaban J connectivity index is 1.10. The first-order valence-electron chi connectivity index (χ1n) is 22.9. The van der Waals surface area contributed by atoms with E-state index in [1.54, 1.807) is 0 Å². The van der Waals surface area contributed by atoms with Crippen LogP contribution in [0.2, 0.25) is 0 Å². The van der Waals surface area contributed by atoms with Gasteiger partial charge in [-0.15, -0.1) is 0 Å². The Labute approximate surface area is 380 Å². The lowest BCUT2D eigenvalue weighted by Crippen LogP contribution is -2.26. The number of rotatable bonds is 3. The largest absolute Gasteiger partial charge is 0.309 e. The minimum Gasteiger partial charge on any atom is -0.309 e. The smallest absolute Gasteiger partial charge is 0.0726 e. The standard InChI is InChI=1S/C64H43N/c1-63(2)53-29-13-11-27-50(53)61-57(63)33-17-35-59(61)65(40-37-38-47-45-23-6-5-21-43(45)41-19-3-4-20-42(41)44-22-7-8-24-46(44)52(47)39-40)60-36-18-34-58-62(60)51-28-12-16-32-56(51)64(58)54-30-14-9-25-48(54)49-26-10-15-31-55(49)64/h3-39H,1-2H3. The molecule has 0 atom stereocenters. The molecule has 0 heterocycles. The Morgan fingerprint density at radius 2 is 0.600 bits per heavy atom. The Hall–Kier alpha value is -8.00. The molecule has 0 aromatic heterocycles. The van der Waals surface area contributed by atoms with Gasteiger partial charge in [-0.05, 0) is 124 Å². The van der Waals surface area contributed by atoms with Crippen molar-refractivity contribution in [2.45, 2.75) is 24.7 Å². The monoisotopic (exact) mass is 825 g/mol. The summed E-state index contributed by atoms with van der Waals surface area (Å²) >= 11 is 0. The topological polar surface area (TPSA) is 3.24 Å². The van der Waals surface area contributed by atoms with E-state index in [9.17, 15) is 0 Å². The third kappa shape index (κ3) is 4.72. The Bertz CT molecular complexity index is 3610. The highest BCUT2D eigenvalue weighted by atomic mass is 15.1. The van der Waals surface area contributed by atoms with E-state index in [1.807, 2.05) is 0 Å². The molecule has 14 rings (SSSR count). The van der Waals surface area contributed by atoms with Crippen molar-refractivity contribution in [3.05, 3.63) is 258 Å². The van der Waals surface area contributed by atoms with Crippen molar-refractivity contribution in [1.29, 1.82) is 0 Å². The molecule has 304 valence electrons. The summed E-state index contributed by atoms with van der Waals surface area (Å²) in [5.41, 5.74) is 28.7. The molecule has 1 heteroatoms. The summed E-state index contributed by atoms with van der Waals surface area (Å²) < 4.78 is 0. The molecule has 0 radical (unpaired) electrons. The summed E-state index contributed by atoms with van der Waals surface area (Å²) in [6, 6.07) is 84.8. The molecule has 0 fully saturated rings. The van der Waals surface area contributed by atoms with Crippen LogP contribution in [0.25, 0.3) is 77.9 Å². The zero-order chi connectivity index (χ0) is 43.0. The zero-order valence-corrected chi connectivity index (χ0v) is 36.3. The molecule has 10 aromatic rings. The third-order valence-corrected chi connectivity index (χ3v) is 15.3. The van der Waals surface area contributed by atoms with Gasteiger partial charge in [-0.3, -0.25) is 0 Å². The van der Waals surface area contributed by atoms with Crippen LogP contribution >= 0.6 is 0 Å². The van der Waals surface area contributed by atoms with Gasteiger partial charge in [0.2, 0.25) is 0 Å². The van der Waals surface area contributed by atoms with E-state index < -0.39 is 5.41 Å². The first-order valence-corrected chi connectivity index (χ1v) is 22.9. The van der Waals surface area contributed by atoms with E-state index in [2.05, 4.69) is 243 Å². The summed E-state index contributed by atoms with van der Waals surface area (Å²) in [5, 5.41) is 0. The van der Waals surface area contributed by atoms with Gasteiger partial charge < -0.3 is 4.90 Å². The van der Waals surface area contributed by atoms with Crippen LogP contribution < -0.4 is 4.90 Å². The highest BCUT2D eigenvalue weighted by molar-refractivity contribution is 6.07. The molecule has 0 N–H and O–H groups in total. The summed E-state index contributed by atoms with van der Waals surface area (Å²) in [7, 11) is 0. The number of nitrogens with zero attached hydrogens (tertiary/aromatic N) is 1. The number of hydrogen-bond donors (Lipinski definition) is 0. The first-order chi connectivity index (χ1) is 32.0. The molecule has 10 aromatic carbocycles. The lowest BCUT2D eigenvalue weighted by molar-refractivity contribution is 0.660. The van der Waals surface area contributed by atoms with Crippen LogP contribution in [0.4, 0.5) is 17.1 Å². The molecule has 4 aliphatic rings. The summed E-state index contributed by atoms with van der Waals surface area (Å²) in [6.07, 6.45) is 0. The number of hydrogen-bond acceptors (Lipinski definition) is 1. The van der Waals surface area contributed by atoms with E-state index in [0.717, 1.165) is 5.69 Å². The van der Waals surface area contributed by atoms with Crippen LogP contribution in [0.1, 0.15) is 47.2 Å². The quantitative estimate of drug-likeness (QED) is 0.172. The van der Waals surface area contributed by atoms with E-state index >= 15 is 0 Å². The minimum atomic E-state index is -0.462. The second-order valence-corrected chi connectivity index (χ2v) is 18.7. The maximum Gasteiger partial charge on any atom is 0.0726 e. The van der Waals surface area contributed by atoms with Gasteiger partial charge in [-0.1, -0.05) is 214 Å². The Morgan fingerprint density at radius 1 is 0.262 bits per heavy atom. The van der Waals surface area contributed by atoms with E-state index in [0.29, 0.717) is 0 Å². The number of benzene rings is 10. The predicted molar refractivity (Wildman–Crippen MR) is 270 cm³/mol. The third-order valence-electron chi connectivity index (χ3n) is 15.3. The van der Waals surface area contributed by atoms with E-state index in [4.69, 9.17) is 0 Å². The van der Waals surface area contributed by atoms with Crippen molar-refractivity contribution in [3.8, 4) is 77.9 Å². The second kappa shape index (κ2) is 13.3. The van der Waals surface area contributed by atoms with Crippen LogP contribution in [-0.4, -0.2) is 0 Å². The molecular formula is C64H43N. The summed E-state index contributed by atoms with van der Waals surface area (Å²) in [5.74, 6) is 0. The van der Waals surface area contributed by atoms with Crippen molar-refractivity contribution < 1.29 is 0 Å². The van der Waals surface area contributed by atoms with Crippen LogP contribution in [0, 0.1) is 0 Å². The van der Waals surface area contributed by atoms with Crippen molar-refractivity contribution in [2.75, 3.05) is 4.90 Å². The Kier molecular flexibility index (Phi) is 7.45. The van der Waals surface area contributed by atoms with Crippen LogP contribution in [0.15, 0.2) is 224 Å². The first kappa shape index (κ1) is 36.5. The highest BCUT2D eigenvalue weighted by Crippen LogP contribution is 2.65. The molecule has 4 aliphatic carbocycles. The predicted octanol–water partition coefficient (Wildman–Crippen LogP) is 16.8. The molecule has 0 saturated heterocycles. The summed E-state index contributed by atoms with van der Waals surface area (Å²) in [6.45, 7) is 4.77. The van der Waals surface area contributed by atoms with Gasteiger partial charge >= 0.3 is 0 Å². The lowest BCUT2D eigenvalue weighted by Gasteiger charge is -2.33. The van der Waals surface area contributed by atoms with Gasteiger partial charge in [-0.2, -0.15) is 0 Å². The molecule has 1 spiro atoms. The van der Waals surface area contributed by atoms with Crippen LogP contribution in [0.3, 0.4) is 0 Å². The van der Waals surface area contributed by atoms with Crippen LogP contribution in [-0.2, 0) is 10.8 Å². The molecule has 0 aliphatic heterocycles. The van der Waals surface area contributed by atoms with Gasteiger partial charge in [0, 0.05) is 22.2 Å². The second-order valence-electron chi connectivity index (χ2n) is 18.7. The maximum absolute atomic E-state index is 2.61. The number of anilines is 3. The molecule has 0 saturated carbocycles. The molecule has 0 unspecified atom stereocenters. The fraction of sp³-hybridized carbons (Fsp3) is 0.0625. The Morgan fingerprint density at radius 3 is 1.11 bits per heavy atom. The van der Waals surface area contributed by atoms with Gasteiger partial charge in [0.15, 0.2) is 0 Å². The minimum absolute atomic E-state index is 0.164. The average molecular weight is 826 g/mol. The van der Waals surface area contributed by atoms with Gasteiger partial charge in [0.05, 0.1) is 16.8 Å². The normalized spacial score (nSPS) is 14.2. The van der Waals surface area contributed by atoms with Crippen molar-refractivity contribution in [1.82, 2.24) is 0 Å². The van der Waals surface area contributed by atoms with Crippen molar-refractivity contribution in [3.63, 3.8) is 0 Å². The van der Waals surface area contributed by atoms with E-state index in [-0.39, 0.29) is 5.41 Å². The van der Waals surface area contributed by atoms with Crippen molar-refractivity contribution in [2.24, 2.45) is 0 Å². The molecule has 0 amide bonds. The van der Waals surface area contributed by atoms with Gasteiger partial charge in [0.25, 0.3) is 0 Å². The van der Waals surface area contributed by atoms with Gasteiger partial charge in [-0.25, -0.2) is 0 Å².